The van der Waals surface area contributed by atoms with Gasteiger partial charge in [-0.3, -0.25) is 9.59 Å². The summed E-state index contributed by atoms with van der Waals surface area (Å²) in [5.41, 5.74) is 8.64. The Balaban J connectivity index is 0.000000560. The van der Waals surface area contributed by atoms with Crippen LogP contribution in [0.25, 0.3) is 33.2 Å². The predicted octanol–water partition coefficient (Wildman–Crippen LogP) is 2.44. The van der Waals surface area contributed by atoms with Crippen molar-refractivity contribution in [3.63, 3.8) is 0 Å². The number of ether oxygens (including phenoxy) is 4. The maximum absolute atomic E-state index is 13.0. The molecule has 2 aromatic heterocycles. The van der Waals surface area contributed by atoms with E-state index in [1.807, 2.05) is 18.3 Å². The number of carbonyl (C=O) groups is 1. The molecular weight excluding hydrogens is 444 g/mol. The third-order valence-electron chi connectivity index (χ3n) is 5.42. The van der Waals surface area contributed by atoms with Gasteiger partial charge in [-0.2, -0.15) is 0 Å². The van der Waals surface area contributed by atoms with Crippen molar-refractivity contribution >= 4 is 27.9 Å². The number of nitrogens with one attached hydrogen (secondary N) is 1. The molecule has 0 aliphatic carbocycles. The molecule has 6 rings (SSSR count). The molecule has 0 saturated heterocycles. The number of nitrogens with two attached hydrogens (primary N) is 1. The van der Waals surface area contributed by atoms with Crippen LogP contribution < -0.4 is 30.2 Å². The fraction of sp³-hybridized carbons (Fsp3) is 0.261. The molecule has 0 saturated carbocycles. The van der Waals surface area contributed by atoms with Gasteiger partial charge in [0.1, 0.15) is 5.69 Å². The molecule has 2 aliphatic rings. The van der Waals surface area contributed by atoms with Gasteiger partial charge in [-0.05, 0) is 19.0 Å². The Morgan fingerprint density at radius 3 is 2.38 bits per heavy atom. The highest BCUT2D eigenvalue weighted by Crippen LogP contribution is 2.40. The number of carboxylic acids is 1. The van der Waals surface area contributed by atoms with Gasteiger partial charge in [0.05, 0.1) is 16.6 Å². The summed E-state index contributed by atoms with van der Waals surface area (Å²) in [7, 11) is 0. The number of nitrogens with zero attached hydrogens (tertiary/aromatic N) is 2. The number of carboxylic acid groups (broad SMARTS) is 1. The highest BCUT2D eigenvalue weighted by Gasteiger charge is 2.22. The van der Waals surface area contributed by atoms with Crippen LogP contribution in [0.3, 0.4) is 0 Å². The lowest BCUT2D eigenvalue weighted by Crippen LogP contribution is -2.11. The Morgan fingerprint density at radius 2 is 1.71 bits per heavy atom. The number of benzene rings is 2. The minimum Gasteiger partial charge on any atom is -0.481 e. The van der Waals surface area contributed by atoms with Crippen molar-refractivity contribution in [3.8, 4) is 34.3 Å². The summed E-state index contributed by atoms with van der Waals surface area (Å²) in [6.07, 6.45) is 2.74. The first-order chi connectivity index (χ1) is 16.4. The largest absolute Gasteiger partial charge is 0.481 e. The summed E-state index contributed by atoms with van der Waals surface area (Å²) in [6, 6.07) is 7.35. The summed E-state index contributed by atoms with van der Waals surface area (Å²) in [5.74, 6) is 1.72. The number of hydrogen-bond acceptors (Lipinski definition) is 8. The van der Waals surface area contributed by atoms with Crippen molar-refractivity contribution in [2.75, 3.05) is 20.1 Å². The summed E-state index contributed by atoms with van der Waals surface area (Å²) in [6.45, 7) is 2.71. The fourth-order valence-corrected chi connectivity index (χ4v) is 3.97. The molecule has 0 amide bonds. The van der Waals surface area contributed by atoms with Crippen LogP contribution in [0.2, 0.25) is 0 Å². The molecule has 0 bridgehead atoms. The van der Waals surface area contributed by atoms with Gasteiger partial charge in [0.2, 0.25) is 13.6 Å². The molecule has 4 aromatic rings. The molecule has 0 fully saturated rings. The smallest absolute Gasteiger partial charge is 0.300 e. The monoisotopic (exact) mass is 466 g/mol. The number of aromatic amines is 1. The van der Waals surface area contributed by atoms with E-state index in [1.54, 1.807) is 12.1 Å². The Kier molecular flexibility index (Phi) is 5.46. The lowest BCUT2D eigenvalue weighted by atomic mass is 10.1. The number of hydrogen-bond donors (Lipinski definition) is 3. The second-order valence-electron chi connectivity index (χ2n) is 7.76. The zero-order valence-electron chi connectivity index (χ0n) is 18.3. The Labute approximate surface area is 192 Å². The Bertz CT molecular complexity index is 1470. The van der Waals surface area contributed by atoms with E-state index in [1.165, 1.54) is 0 Å². The number of aromatic nitrogens is 3. The first kappa shape index (κ1) is 21.6. The Morgan fingerprint density at radius 1 is 1.09 bits per heavy atom. The quantitative estimate of drug-likeness (QED) is 0.412. The van der Waals surface area contributed by atoms with Crippen LogP contribution in [0.5, 0.6) is 23.0 Å². The molecule has 0 unspecified atom stereocenters. The van der Waals surface area contributed by atoms with Crippen LogP contribution in [0.1, 0.15) is 13.3 Å². The highest BCUT2D eigenvalue weighted by molar-refractivity contribution is 5.98. The van der Waals surface area contributed by atoms with Gasteiger partial charge in [-0.25, -0.2) is 4.98 Å². The minimum atomic E-state index is -0.833. The van der Waals surface area contributed by atoms with Crippen LogP contribution in [0.15, 0.2) is 35.3 Å². The van der Waals surface area contributed by atoms with Crippen molar-refractivity contribution in [1.82, 2.24) is 14.5 Å². The maximum Gasteiger partial charge on any atom is 0.300 e. The van der Waals surface area contributed by atoms with E-state index in [4.69, 9.17) is 34.6 Å². The standard InChI is InChI=1S/C21H18N4O5.C2H4O2/c22-2-1-3-25-8-12(11-4-16-19(7-15(11)25)30-9-27-16)20-21(26)24-14-6-18-17(28-10-29-18)5-13(14)23-20;1-2(3)4/h4-8H,1-3,9-10,22H2,(H,24,26);1H3,(H,3,4). The first-order valence-corrected chi connectivity index (χ1v) is 10.6. The van der Waals surface area contributed by atoms with Crippen LogP contribution in [-0.2, 0) is 11.3 Å². The molecule has 4 heterocycles. The van der Waals surface area contributed by atoms with Gasteiger partial charge in [0, 0.05) is 48.8 Å². The average Bonchev–Trinajstić information content (AvgIpc) is 3.52. The number of H-pyrrole nitrogens is 1. The summed E-state index contributed by atoms with van der Waals surface area (Å²) in [5, 5.41) is 8.29. The summed E-state index contributed by atoms with van der Waals surface area (Å²) in [4.78, 5) is 29.5. The van der Waals surface area contributed by atoms with Crippen LogP contribution >= 0.6 is 0 Å². The van der Waals surface area contributed by atoms with E-state index in [0.29, 0.717) is 46.3 Å². The van der Waals surface area contributed by atoms with Crippen LogP contribution in [0, 0.1) is 0 Å². The second kappa shape index (κ2) is 8.60. The number of aryl methyl sites for hydroxylation is 1. The van der Waals surface area contributed by atoms with Gasteiger partial charge in [0.25, 0.3) is 11.5 Å². The molecular formula is C23H22N4O7. The van der Waals surface area contributed by atoms with Gasteiger partial charge in [0.15, 0.2) is 23.0 Å². The van der Waals surface area contributed by atoms with Crippen molar-refractivity contribution in [2.24, 2.45) is 5.73 Å². The Hall–Kier alpha value is -4.25. The topological polar surface area (TPSA) is 151 Å². The molecule has 34 heavy (non-hydrogen) atoms. The van der Waals surface area contributed by atoms with Crippen molar-refractivity contribution < 1.29 is 28.8 Å². The molecule has 11 nitrogen and oxygen atoms in total. The first-order valence-electron chi connectivity index (χ1n) is 10.6. The van der Waals surface area contributed by atoms with E-state index < -0.39 is 5.97 Å². The van der Waals surface area contributed by atoms with E-state index in [2.05, 4.69) is 14.5 Å². The highest BCUT2D eigenvalue weighted by atomic mass is 16.7. The number of fused-ring (bicyclic) bond motifs is 4. The molecule has 0 atom stereocenters. The maximum atomic E-state index is 13.0. The van der Waals surface area contributed by atoms with E-state index in [0.717, 1.165) is 36.4 Å². The third-order valence-corrected chi connectivity index (χ3v) is 5.42. The van der Waals surface area contributed by atoms with E-state index in [9.17, 15) is 4.79 Å². The molecule has 176 valence electrons. The second-order valence-corrected chi connectivity index (χ2v) is 7.76. The molecule has 11 heteroatoms. The normalized spacial score (nSPS) is 13.2. The fourth-order valence-electron chi connectivity index (χ4n) is 3.97. The zero-order valence-corrected chi connectivity index (χ0v) is 18.3. The van der Waals surface area contributed by atoms with E-state index >= 15 is 0 Å². The molecule has 0 radical (unpaired) electrons. The number of rotatable bonds is 4. The molecule has 2 aromatic carbocycles. The molecule has 0 spiro atoms. The average molecular weight is 466 g/mol. The lowest BCUT2D eigenvalue weighted by molar-refractivity contribution is -0.134. The molecule has 4 N–H and O–H groups in total. The zero-order chi connectivity index (χ0) is 23.8. The van der Waals surface area contributed by atoms with Gasteiger partial charge in [-0.1, -0.05) is 0 Å². The third kappa shape index (κ3) is 3.86. The van der Waals surface area contributed by atoms with Gasteiger partial charge in [-0.15, -0.1) is 0 Å². The summed E-state index contributed by atoms with van der Waals surface area (Å²) < 4.78 is 24.0. The SMILES string of the molecule is CC(=O)O.NCCCn1cc(-c2nc3cc4c(cc3[nH]c2=O)OCO4)c2cc3c(cc21)OCO3. The lowest BCUT2D eigenvalue weighted by Gasteiger charge is -2.04. The van der Waals surface area contributed by atoms with Crippen LogP contribution in [-0.4, -0.2) is 45.7 Å². The van der Waals surface area contributed by atoms with Crippen molar-refractivity contribution in [3.05, 3.63) is 40.8 Å². The van der Waals surface area contributed by atoms with Crippen LogP contribution in [0.4, 0.5) is 0 Å². The van der Waals surface area contributed by atoms with Gasteiger partial charge >= 0.3 is 0 Å². The summed E-state index contributed by atoms with van der Waals surface area (Å²) >= 11 is 0. The minimum absolute atomic E-state index is 0.157. The van der Waals surface area contributed by atoms with Gasteiger partial charge < -0.3 is 39.3 Å². The number of aliphatic carboxylic acids is 1. The van der Waals surface area contributed by atoms with E-state index in [-0.39, 0.29) is 19.1 Å². The molecule has 2 aliphatic heterocycles. The van der Waals surface area contributed by atoms with Crippen molar-refractivity contribution in [2.45, 2.75) is 19.9 Å². The van der Waals surface area contributed by atoms with Crippen molar-refractivity contribution in [1.29, 1.82) is 0 Å². The predicted molar refractivity (Wildman–Crippen MR) is 123 cm³/mol.